The highest BCUT2D eigenvalue weighted by atomic mass is 16.6. The van der Waals surface area contributed by atoms with E-state index in [0.29, 0.717) is 12.8 Å². The van der Waals surface area contributed by atoms with Gasteiger partial charge in [-0.3, -0.25) is 9.78 Å². The van der Waals surface area contributed by atoms with Crippen LogP contribution in [0.1, 0.15) is 18.5 Å². The number of ether oxygens (including phenoxy) is 1. The molecule has 6 heteroatoms. The number of nitrogens with one attached hydrogen (secondary N) is 1. The van der Waals surface area contributed by atoms with Crippen molar-refractivity contribution in [2.45, 2.75) is 25.4 Å². The molecule has 1 aromatic rings. The Hall–Kier alpha value is -2.11. The van der Waals surface area contributed by atoms with Gasteiger partial charge in [-0.05, 0) is 31.4 Å². The van der Waals surface area contributed by atoms with Gasteiger partial charge in [-0.1, -0.05) is 6.07 Å². The first-order valence-corrected chi connectivity index (χ1v) is 5.71. The molecule has 0 aliphatic rings. The number of nitrogens with two attached hydrogens (primary N) is 1. The fraction of sp³-hybridized carbons (Fsp3) is 0.417. The van der Waals surface area contributed by atoms with Crippen LogP contribution in [0.25, 0.3) is 0 Å². The van der Waals surface area contributed by atoms with Crippen LogP contribution in [-0.4, -0.2) is 30.1 Å². The smallest absolute Gasteiger partial charge is 0.405 e. The summed E-state index contributed by atoms with van der Waals surface area (Å²) >= 11 is 0. The van der Waals surface area contributed by atoms with Crippen molar-refractivity contribution in [1.29, 1.82) is 0 Å². The van der Waals surface area contributed by atoms with Crippen molar-refractivity contribution < 1.29 is 14.3 Å². The van der Waals surface area contributed by atoms with Crippen molar-refractivity contribution in [2.24, 2.45) is 5.73 Å². The highest BCUT2D eigenvalue weighted by Gasteiger charge is 2.20. The van der Waals surface area contributed by atoms with Crippen molar-refractivity contribution in [1.82, 2.24) is 10.3 Å². The second-order valence-corrected chi connectivity index (χ2v) is 3.75. The van der Waals surface area contributed by atoms with E-state index in [1.807, 2.05) is 18.2 Å². The molecule has 98 valence electrons. The molecule has 0 aromatic carbocycles. The topological polar surface area (TPSA) is 94.3 Å². The predicted octanol–water partition coefficient (Wildman–Crippen LogP) is 0.614. The molecule has 3 N–H and O–H groups in total. The minimum absolute atomic E-state index is 0.352. The Morgan fingerprint density at radius 2 is 2.28 bits per heavy atom. The zero-order valence-corrected chi connectivity index (χ0v) is 10.3. The standard InChI is InChI=1S/C12H17N3O3/c1-14-11(16)10(18-12(13)17)7-4-6-9-5-2-3-8-15-9/h2-3,5,8,10H,4,6-7H2,1H3,(H2,13,17)(H,14,16)/t10-/m0/s1. The monoisotopic (exact) mass is 251 g/mol. The second-order valence-electron chi connectivity index (χ2n) is 3.75. The Bertz CT molecular complexity index is 395. The molecule has 0 spiro atoms. The Kier molecular flexibility index (Phi) is 5.63. The Morgan fingerprint density at radius 3 is 2.83 bits per heavy atom. The van der Waals surface area contributed by atoms with Gasteiger partial charge in [-0.15, -0.1) is 0 Å². The fourth-order valence-electron chi connectivity index (χ4n) is 1.56. The number of carbonyl (C=O) groups excluding carboxylic acids is 2. The Balaban J connectivity index is 2.42. The molecule has 0 aliphatic heterocycles. The molecule has 0 saturated heterocycles. The maximum absolute atomic E-state index is 11.4. The molecule has 1 aromatic heterocycles. The van der Waals surface area contributed by atoms with E-state index in [1.165, 1.54) is 7.05 Å². The number of hydrogen-bond donors (Lipinski definition) is 2. The van der Waals surface area contributed by atoms with E-state index in [9.17, 15) is 9.59 Å². The van der Waals surface area contributed by atoms with E-state index >= 15 is 0 Å². The number of pyridine rings is 1. The molecule has 1 heterocycles. The SMILES string of the molecule is CNC(=O)[C@H](CCCc1ccccn1)OC(N)=O. The van der Waals surface area contributed by atoms with Gasteiger partial charge in [-0.2, -0.15) is 0 Å². The van der Waals surface area contributed by atoms with Crippen molar-refractivity contribution >= 4 is 12.0 Å². The summed E-state index contributed by atoms with van der Waals surface area (Å²) in [6.45, 7) is 0. The van der Waals surface area contributed by atoms with Gasteiger partial charge in [0.25, 0.3) is 5.91 Å². The number of nitrogens with zero attached hydrogens (tertiary/aromatic N) is 1. The lowest BCUT2D eigenvalue weighted by atomic mass is 10.1. The lowest BCUT2D eigenvalue weighted by Gasteiger charge is -2.14. The van der Waals surface area contributed by atoms with Crippen LogP contribution in [-0.2, 0) is 16.0 Å². The van der Waals surface area contributed by atoms with E-state index in [1.54, 1.807) is 6.20 Å². The number of likely N-dealkylation sites (N-methyl/N-ethyl adjacent to an activating group) is 1. The first-order valence-electron chi connectivity index (χ1n) is 5.71. The van der Waals surface area contributed by atoms with Crippen LogP contribution in [0, 0.1) is 0 Å². The molecule has 0 aliphatic carbocycles. The van der Waals surface area contributed by atoms with Crippen molar-refractivity contribution in [3.05, 3.63) is 30.1 Å². The number of hydrogen-bond acceptors (Lipinski definition) is 4. The van der Waals surface area contributed by atoms with E-state index in [0.717, 1.165) is 12.1 Å². The maximum Gasteiger partial charge on any atom is 0.405 e. The van der Waals surface area contributed by atoms with Gasteiger partial charge in [-0.25, -0.2) is 4.79 Å². The van der Waals surface area contributed by atoms with Crippen LogP contribution in [0.5, 0.6) is 0 Å². The average molecular weight is 251 g/mol. The van der Waals surface area contributed by atoms with E-state index in [4.69, 9.17) is 10.5 Å². The minimum Gasteiger partial charge on any atom is -0.436 e. The van der Waals surface area contributed by atoms with Gasteiger partial charge < -0.3 is 15.8 Å². The molecule has 0 bridgehead atoms. The molecule has 18 heavy (non-hydrogen) atoms. The molecule has 1 rings (SSSR count). The van der Waals surface area contributed by atoms with Gasteiger partial charge in [0.05, 0.1) is 0 Å². The zero-order chi connectivity index (χ0) is 13.4. The highest BCUT2D eigenvalue weighted by molar-refractivity contribution is 5.82. The average Bonchev–Trinajstić information content (AvgIpc) is 2.37. The minimum atomic E-state index is -0.943. The molecule has 6 nitrogen and oxygen atoms in total. The Labute approximate surface area is 106 Å². The molecule has 0 fully saturated rings. The third-order valence-electron chi connectivity index (χ3n) is 2.42. The number of carbonyl (C=O) groups is 2. The summed E-state index contributed by atoms with van der Waals surface area (Å²) in [5.74, 6) is -0.352. The van der Waals surface area contributed by atoms with Crippen LogP contribution in [0.3, 0.4) is 0 Å². The number of primary amides is 1. The van der Waals surface area contributed by atoms with Crippen LogP contribution in [0.2, 0.25) is 0 Å². The van der Waals surface area contributed by atoms with E-state index < -0.39 is 12.2 Å². The molecule has 0 unspecified atom stereocenters. The number of aryl methyl sites for hydroxylation is 1. The summed E-state index contributed by atoms with van der Waals surface area (Å²) in [5, 5.41) is 2.43. The first-order chi connectivity index (χ1) is 8.63. The lowest BCUT2D eigenvalue weighted by molar-refractivity contribution is -0.129. The van der Waals surface area contributed by atoms with Crippen LogP contribution in [0.15, 0.2) is 24.4 Å². The number of amides is 2. The summed E-state index contributed by atoms with van der Waals surface area (Å²) in [5.41, 5.74) is 5.85. The maximum atomic E-state index is 11.4. The van der Waals surface area contributed by atoms with Crippen LogP contribution in [0.4, 0.5) is 4.79 Å². The second kappa shape index (κ2) is 7.26. The summed E-state index contributed by atoms with van der Waals surface area (Å²) in [6, 6.07) is 5.65. The molecule has 1 atom stereocenters. The van der Waals surface area contributed by atoms with Crippen molar-refractivity contribution in [3.8, 4) is 0 Å². The first kappa shape index (κ1) is 14.0. The van der Waals surface area contributed by atoms with Gasteiger partial charge in [0, 0.05) is 18.9 Å². The molecule has 0 saturated carbocycles. The number of rotatable bonds is 6. The fourth-order valence-corrected chi connectivity index (χ4v) is 1.56. The summed E-state index contributed by atoms with van der Waals surface area (Å²) in [6.07, 6.45) is 1.75. The van der Waals surface area contributed by atoms with E-state index in [2.05, 4.69) is 10.3 Å². The van der Waals surface area contributed by atoms with Crippen LogP contribution >= 0.6 is 0 Å². The quantitative estimate of drug-likeness (QED) is 0.774. The Morgan fingerprint density at radius 1 is 1.50 bits per heavy atom. The molecular formula is C12H17N3O3. The van der Waals surface area contributed by atoms with Gasteiger partial charge in [0.2, 0.25) is 0 Å². The largest absolute Gasteiger partial charge is 0.436 e. The van der Waals surface area contributed by atoms with Gasteiger partial charge >= 0.3 is 6.09 Å². The van der Waals surface area contributed by atoms with Crippen molar-refractivity contribution in [3.63, 3.8) is 0 Å². The summed E-state index contributed by atoms with van der Waals surface area (Å²) in [4.78, 5) is 26.3. The van der Waals surface area contributed by atoms with E-state index in [-0.39, 0.29) is 5.91 Å². The number of aromatic nitrogens is 1. The predicted molar refractivity (Wildman–Crippen MR) is 65.7 cm³/mol. The zero-order valence-electron chi connectivity index (χ0n) is 10.3. The summed E-state index contributed by atoms with van der Waals surface area (Å²) in [7, 11) is 1.48. The molecular weight excluding hydrogens is 234 g/mol. The third-order valence-corrected chi connectivity index (χ3v) is 2.42. The molecule has 0 radical (unpaired) electrons. The highest BCUT2D eigenvalue weighted by Crippen LogP contribution is 2.07. The van der Waals surface area contributed by atoms with Gasteiger partial charge in [0.15, 0.2) is 6.10 Å². The summed E-state index contributed by atoms with van der Waals surface area (Å²) < 4.78 is 4.75. The normalized spacial score (nSPS) is 11.6. The van der Waals surface area contributed by atoms with Crippen molar-refractivity contribution in [2.75, 3.05) is 7.05 Å². The van der Waals surface area contributed by atoms with Crippen LogP contribution < -0.4 is 11.1 Å². The lowest BCUT2D eigenvalue weighted by Crippen LogP contribution is -2.37. The third kappa shape index (κ3) is 4.82. The molecule has 2 amide bonds. The van der Waals surface area contributed by atoms with Gasteiger partial charge in [0.1, 0.15) is 0 Å².